The minimum atomic E-state index is -1.17. The Morgan fingerprint density at radius 3 is 3.07 bits per heavy atom. The first kappa shape index (κ1) is 10.6. The van der Waals surface area contributed by atoms with Gasteiger partial charge in [0.1, 0.15) is 5.01 Å². The molecule has 2 rings (SSSR count). The van der Waals surface area contributed by atoms with Crippen molar-refractivity contribution in [2.45, 2.75) is 31.8 Å². The maximum Gasteiger partial charge on any atom is 0.343 e. The molecule has 5 heteroatoms. The van der Waals surface area contributed by atoms with Crippen LogP contribution >= 0.6 is 11.3 Å². The molecule has 0 spiro atoms. The highest BCUT2D eigenvalue weighted by atomic mass is 32.1. The van der Waals surface area contributed by atoms with Crippen LogP contribution in [0.5, 0.6) is 0 Å². The lowest BCUT2D eigenvalue weighted by molar-refractivity contribution is -0.161. The van der Waals surface area contributed by atoms with E-state index in [4.69, 9.17) is 4.74 Å². The molecule has 1 aromatic heterocycles. The lowest BCUT2D eigenvalue weighted by atomic mass is 10.0. The van der Waals surface area contributed by atoms with Gasteiger partial charge in [-0.2, -0.15) is 0 Å². The maximum atomic E-state index is 11.3. The molecule has 1 fully saturated rings. The summed E-state index contributed by atoms with van der Waals surface area (Å²) in [5.41, 5.74) is -1.17. The Morgan fingerprint density at radius 2 is 2.60 bits per heavy atom. The quantitative estimate of drug-likeness (QED) is 0.855. The number of carbonyl (C=O) groups is 1. The van der Waals surface area contributed by atoms with Crippen LogP contribution in [0.4, 0.5) is 0 Å². The van der Waals surface area contributed by atoms with Crippen molar-refractivity contribution in [1.29, 1.82) is 0 Å². The van der Waals surface area contributed by atoms with Gasteiger partial charge in [0.15, 0.2) is 0 Å². The summed E-state index contributed by atoms with van der Waals surface area (Å²) < 4.78 is 5.39. The van der Waals surface area contributed by atoms with Crippen LogP contribution < -0.4 is 0 Å². The molecule has 1 aliphatic heterocycles. The molecular weight excluding hydrogens is 214 g/mol. The lowest BCUT2D eigenvalue weighted by Gasteiger charge is -2.19. The van der Waals surface area contributed by atoms with Crippen LogP contribution in [0, 0.1) is 0 Å². The van der Waals surface area contributed by atoms with Gasteiger partial charge < -0.3 is 9.84 Å². The van der Waals surface area contributed by atoms with E-state index >= 15 is 0 Å². The molecule has 1 unspecified atom stereocenters. The fourth-order valence-corrected chi connectivity index (χ4v) is 2.74. The van der Waals surface area contributed by atoms with Crippen molar-refractivity contribution in [3.05, 3.63) is 16.1 Å². The topological polar surface area (TPSA) is 59.4 Å². The molecule has 0 bridgehead atoms. The zero-order valence-electron chi connectivity index (χ0n) is 8.52. The average Bonchev–Trinajstić information content (AvgIpc) is 2.87. The Hall–Kier alpha value is -0.940. The summed E-state index contributed by atoms with van der Waals surface area (Å²) in [7, 11) is 0. The van der Waals surface area contributed by atoms with E-state index in [9.17, 15) is 9.90 Å². The number of thiazole rings is 1. The Kier molecular flexibility index (Phi) is 2.75. The predicted octanol–water partition coefficient (Wildman–Crippen LogP) is 1.80. The second-order valence-corrected chi connectivity index (χ2v) is 4.68. The number of aryl methyl sites for hydroxylation is 1. The minimum absolute atomic E-state index is 0.507. The number of carboxylic acids is 1. The van der Waals surface area contributed by atoms with Crippen molar-refractivity contribution in [3.63, 3.8) is 0 Å². The molecule has 0 aliphatic carbocycles. The fourth-order valence-electron chi connectivity index (χ4n) is 1.73. The molecule has 1 atom stereocenters. The summed E-state index contributed by atoms with van der Waals surface area (Å²) in [5.74, 6) is -0.919. The van der Waals surface area contributed by atoms with Crippen LogP contribution in [0.2, 0.25) is 0 Å². The summed E-state index contributed by atoms with van der Waals surface area (Å²) in [6.45, 7) is 2.54. The number of ether oxygens (including phenoxy) is 1. The minimum Gasteiger partial charge on any atom is -0.479 e. The predicted molar refractivity (Wildman–Crippen MR) is 56.0 cm³/mol. The van der Waals surface area contributed by atoms with E-state index in [1.807, 2.05) is 6.92 Å². The summed E-state index contributed by atoms with van der Waals surface area (Å²) in [6.07, 6.45) is 3.94. The summed E-state index contributed by atoms with van der Waals surface area (Å²) in [5, 5.41) is 9.83. The fraction of sp³-hybridized carbons (Fsp3) is 0.600. The van der Waals surface area contributed by atoms with E-state index in [1.54, 1.807) is 6.20 Å². The van der Waals surface area contributed by atoms with E-state index in [1.165, 1.54) is 11.3 Å². The number of aromatic nitrogens is 1. The van der Waals surface area contributed by atoms with Gasteiger partial charge in [0.25, 0.3) is 0 Å². The highest BCUT2D eigenvalue weighted by Gasteiger charge is 2.47. The molecule has 1 saturated heterocycles. The van der Waals surface area contributed by atoms with Gasteiger partial charge in [0.2, 0.25) is 5.60 Å². The average molecular weight is 227 g/mol. The van der Waals surface area contributed by atoms with Gasteiger partial charge in [0, 0.05) is 17.7 Å². The Labute approximate surface area is 91.9 Å². The molecule has 4 nitrogen and oxygen atoms in total. The molecular formula is C10H13NO3S. The molecule has 1 N–H and O–H groups in total. The zero-order chi connectivity index (χ0) is 10.9. The van der Waals surface area contributed by atoms with E-state index < -0.39 is 11.6 Å². The molecule has 0 saturated carbocycles. The van der Waals surface area contributed by atoms with Crippen molar-refractivity contribution in [2.24, 2.45) is 0 Å². The van der Waals surface area contributed by atoms with Crippen molar-refractivity contribution in [3.8, 4) is 0 Å². The van der Waals surface area contributed by atoms with Crippen molar-refractivity contribution >= 4 is 17.3 Å². The largest absolute Gasteiger partial charge is 0.479 e. The third kappa shape index (κ3) is 1.66. The third-order valence-electron chi connectivity index (χ3n) is 2.61. The number of hydrogen-bond donors (Lipinski definition) is 1. The maximum absolute atomic E-state index is 11.3. The number of nitrogens with zero attached hydrogens (tertiary/aromatic N) is 1. The number of carboxylic acid groups (broad SMARTS) is 1. The first-order valence-electron chi connectivity index (χ1n) is 5.01. The molecule has 82 valence electrons. The molecule has 0 aromatic carbocycles. The van der Waals surface area contributed by atoms with E-state index in [-0.39, 0.29) is 0 Å². The van der Waals surface area contributed by atoms with Crippen LogP contribution in [0.3, 0.4) is 0 Å². The zero-order valence-corrected chi connectivity index (χ0v) is 9.34. The van der Waals surface area contributed by atoms with Crippen LogP contribution in [-0.2, 0) is 21.6 Å². The number of rotatable bonds is 3. The standard InChI is InChI=1S/C10H13NO3S/c1-2-7-6-11-8(15-7)10(9(12)13)4-3-5-14-10/h6H,2-5H2,1H3,(H,12,13). The van der Waals surface area contributed by atoms with Gasteiger partial charge in [0.05, 0.1) is 0 Å². The normalized spacial score (nSPS) is 25.7. The Bertz CT molecular complexity index is 368. The molecule has 2 heterocycles. The van der Waals surface area contributed by atoms with Crippen molar-refractivity contribution in [1.82, 2.24) is 4.98 Å². The highest BCUT2D eigenvalue weighted by molar-refractivity contribution is 7.11. The van der Waals surface area contributed by atoms with Crippen LogP contribution in [0.25, 0.3) is 0 Å². The summed E-state index contributed by atoms with van der Waals surface area (Å²) in [4.78, 5) is 16.5. The van der Waals surface area contributed by atoms with E-state index in [0.717, 1.165) is 17.7 Å². The van der Waals surface area contributed by atoms with Gasteiger partial charge >= 0.3 is 5.97 Å². The first-order valence-corrected chi connectivity index (χ1v) is 5.83. The SMILES string of the molecule is CCc1cnc(C2(C(=O)O)CCCO2)s1. The molecule has 15 heavy (non-hydrogen) atoms. The number of aliphatic carboxylic acids is 1. The van der Waals surface area contributed by atoms with Crippen LogP contribution in [0.15, 0.2) is 6.20 Å². The second-order valence-electron chi connectivity index (χ2n) is 3.57. The lowest BCUT2D eigenvalue weighted by Crippen LogP contribution is -2.34. The Morgan fingerprint density at radius 1 is 1.80 bits per heavy atom. The molecule has 1 aromatic rings. The molecule has 0 radical (unpaired) electrons. The van der Waals surface area contributed by atoms with Gasteiger partial charge in [-0.1, -0.05) is 6.92 Å². The van der Waals surface area contributed by atoms with Crippen molar-refractivity contribution < 1.29 is 14.6 Å². The van der Waals surface area contributed by atoms with Gasteiger partial charge in [-0.25, -0.2) is 9.78 Å². The smallest absolute Gasteiger partial charge is 0.343 e. The van der Waals surface area contributed by atoms with Gasteiger partial charge in [-0.05, 0) is 19.3 Å². The first-order chi connectivity index (χ1) is 7.19. The van der Waals surface area contributed by atoms with Crippen LogP contribution in [0.1, 0.15) is 29.7 Å². The molecule has 0 amide bonds. The van der Waals surface area contributed by atoms with E-state index in [2.05, 4.69) is 4.98 Å². The van der Waals surface area contributed by atoms with Crippen LogP contribution in [-0.4, -0.2) is 22.7 Å². The van der Waals surface area contributed by atoms with E-state index in [0.29, 0.717) is 18.0 Å². The summed E-state index contributed by atoms with van der Waals surface area (Å²) >= 11 is 1.44. The highest BCUT2D eigenvalue weighted by Crippen LogP contribution is 2.38. The number of hydrogen-bond acceptors (Lipinski definition) is 4. The Balaban J connectivity index is 2.36. The van der Waals surface area contributed by atoms with Crippen molar-refractivity contribution in [2.75, 3.05) is 6.61 Å². The molecule has 1 aliphatic rings. The monoisotopic (exact) mass is 227 g/mol. The van der Waals surface area contributed by atoms with Gasteiger partial charge in [-0.3, -0.25) is 0 Å². The summed E-state index contributed by atoms with van der Waals surface area (Å²) in [6, 6.07) is 0. The van der Waals surface area contributed by atoms with Gasteiger partial charge in [-0.15, -0.1) is 11.3 Å². The third-order valence-corrected chi connectivity index (χ3v) is 3.90. The second kappa shape index (κ2) is 3.90.